The van der Waals surface area contributed by atoms with E-state index in [1.165, 1.54) is 122 Å². The maximum atomic E-state index is 13.2. The van der Waals surface area contributed by atoms with Gasteiger partial charge in [-0.2, -0.15) is 0 Å². The van der Waals surface area contributed by atoms with Gasteiger partial charge in [0.1, 0.15) is 6.10 Å². The molecule has 3 atom stereocenters. The lowest BCUT2D eigenvalue weighted by molar-refractivity contribution is -0.151. The minimum absolute atomic E-state index is 0.0347. The van der Waals surface area contributed by atoms with E-state index in [9.17, 15) is 19.8 Å². The highest BCUT2D eigenvalue weighted by Crippen LogP contribution is 2.17. The number of unbranched alkanes of at least 4 members (excludes halogenated alkanes) is 25. The lowest BCUT2D eigenvalue weighted by Crippen LogP contribution is -2.46. The Morgan fingerprint density at radius 2 is 0.889 bits per heavy atom. The molecule has 0 aromatic rings. The van der Waals surface area contributed by atoms with Gasteiger partial charge in [-0.1, -0.05) is 247 Å². The second-order valence-corrected chi connectivity index (χ2v) is 17.7. The molecule has 0 spiro atoms. The second-order valence-electron chi connectivity index (χ2n) is 17.7. The zero-order chi connectivity index (χ0) is 45.9. The standard InChI is InChI=1S/C57H99NO5/c1-4-7-10-13-16-19-22-24-26-28-30-32-35-38-41-44-47-50-57(62)63-53(48-45-42-39-36-33-21-18-15-12-9-6-3)51-56(61)58-54(52-59)55(60)49-46-43-40-37-34-31-29-27-25-23-20-17-14-11-8-5-2/h7,10,13,16,19,22,24,26,28,30,32,35-36,39,53-55,59-60H,4-6,8-9,11-12,14-15,17-18,20-21,23,25,27,29,31,33-34,37-38,40-52H2,1-3H3,(H,58,61)/b10-7-,16-13+,22-19+,26-24-,30-28+,35-32+,39-36-. The molecule has 0 saturated heterocycles. The largest absolute Gasteiger partial charge is 0.462 e. The molecule has 6 heteroatoms. The van der Waals surface area contributed by atoms with Gasteiger partial charge in [0.25, 0.3) is 0 Å². The number of carbonyl (C=O) groups is 2. The number of carbonyl (C=O) groups excluding carboxylic acids is 2. The van der Waals surface area contributed by atoms with Gasteiger partial charge >= 0.3 is 5.97 Å². The summed E-state index contributed by atoms with van der Waals surface area (Å²) in [6.07, 6.45) is 65.0. The molecular formula is C57H99NO5. The van der Waals surface area contributed by atoms with Crippen molar-refractivity contribution in [3.63, 3.8) is 0 Å². The number of aliphatic hydroxyl groups excluding tert-OH is 2. The van der Waals surface area contributed by atoms with E-state index in [4.69, 9.17) is 4.74 Å². The van der Waals surface area contributed by atoms with E-state index in [2.05, 4.69) is 56.5 Å². The highest BCUT2D eigenvalue weighted by molar-refractivity contribution is 5.77. The molecule has 362 valence electrons. The topological polar surface area (TPSA) is 95.9 Å². The number of nitrogens with one attached hydrogen (secondary N) is 1. The molecule has 3 N–H and O–H groups in total. The van der Waals surface area contributed by atoms with Crippen LogP contribution in [0.5, 0.6) is 0 Å². The Hall–Kier alpha value is -2.96. The predicted octanol–water partition coefficient (Wildman–Crippen LogP) is 16.0. The van der Waals surface area contributed by atoms with Gasteiger partial charge in [0.05, 0.1) is 25.2 Å². The van der Waals surface area contributed by atoms with E-state index in [1.807, 2.05) is 54.7 Å². The smallest absolute Gasteiger partial charge is 0.306 e. The summed E-state index contributed by atoms with van der Waals surface area (Å²) in [7, 11) is 0. The molecule has 0 aromatic heterocycles. The Bertz CT molecular complexity index is 1210. The van der Waals surface area contributed by atoms with Crippen LogP contribution in [-0.4, -0.2) is 46.9 Å². The van der Waals surface area contributed by atoms with Crippen molar-refractivity contribution >= 4 is 11.9 Å². The molecule has 0 aliphatic carbocycles. The summed E-state index contributed by atoms with van der Waals surface area (Å²) in [5.41, 5.74) is 0. The van der Waals surface area contributed by atoms with Crippen LogP contribution >= 0.6 is 0 Å². The van der Waals surface area contributed by atoms with Gasteiger partial charge < -0.3 is 20.3 Å². The second kappa shape index (κ2) is 50.0. The molecule has 0 heterocycles. The maximum Gasteiger partial charge on any atom is 0.306 e. The van der Waals surface area contributed by atoms with Crippen LogP contribution in [0.1, 0.15) is 239 Å². The molecule has 3 unspecified atom stereocenters. The van der Waals surface area contributed by atoms with E-state index >= 15 is 0 Å². The number of esters is 1. The van der Waals surface area contributed by atoms with Crippen molar-refractivity contribution in [2.75, 3.05) is 6.61 Å². The molecule has 0 rings (SSSR count). The predicted molar refractivity (Wildman–Crippen MR) is 273 cm³/mol. The zero-order valence-electron chi connectivity index (χ0n) is 41.2. The fourth-order valence-electron chi connectivity index (χ4n) is 7.64. The third-order valence-corrected chi connectivity index (χ3v) is 11.6. The van der Waals surface area contributed by atoms with Crippen LogP contribution < -0.4 is 5.32 Å². The molecular weight excluding hydrogens is 779 g/mol. The molecule has 1 amide bonds. The summed E-state index contributed by atoms with van der Waals surface area (Å²) < 4.78 is 5.89. The summed E-state index contributed by atoms with van der Waals surface area (Å²) in [6.45, 7) is 6.31. The van der Waals surface area contributed by atoms with Crippen molar-refractivity contribution in [3.05, 3.63) is 85.1 Å². The summed E-state index contributed by atoms with van der Waals surface area (Å²) in [5.74, 6) is -0.558. The monoisotopic (exact) mass is 878 g/mol. The summed E-state index contributed by atoms with van der Waals surface area (Å²) in [6, 6.07) is -0.723. The number of amides is 1. The van der Waals surface area contributed by atoms with Gasteiger partial charge in [-0.25, -0.2) is 0 Å². The van der Waals surface area contributed by atoms with Crippen LogP contribution in [0, 0.1) is 0 Å². The van der Waals surface area contributed by atoms with Crippen molar-refractivity contribution in [2.45, 2.75) is 257 Å². The minimum Gasteiger partial charge on any atom is -0.462 e. The molecule has 6 nitrogen and oxygen atoms in total. The summed E-state index contributed by atoms with van der Waals surface area (Å²) in [4.78, 5) is 26.1. The number of aliphatic hydroxyl groups is 2. The first-order valence-corrected chi connectivity index (χ1v) is 26.4. The van der Waals surface area contributed by atoms with Crippen molar-refractivity contribution in [1.82, 2.24) is 5.32 Å². The quantitative estimate of drug-likeness (QED) is 0.0245. The Morgan fingerprint density at radius 1 is 0.476 bits per heavy atom. The number of hydrogen-bond donors (Lipinski definition) is 3. The van der Waals surface area contributed by atoms with Gasteiger partial charge in [0, 0.05) is 6.42 Å². The molecule has 0 aliphatic rings. The Morgan fingerprint density at radius 3 is 1.38 bits per heavy atom. The first kappa shape index (κ1) is 60.0. The SMILES string of the molecule is CC\C=C/C=C/C=C/C=C\C=C\C=C\CCCCCC(=O)OC(CCC/C=C\CCCCCCCC)CC(=O)NC(CO)C(O)CCCCCCCCCCCCCCCCCC. The number of hydrogen-bond acceptors (Lipinski definition) is 5. The normalized spacial score (nSPS) is 13.9. The van der Waals surface area contributed by atoms with Gasteiger partial charge in [-0.15, -0.1) is 0 Å². The van der Waals surface area contributed by atoms with Crippen LogP contribution in [0.25, 0.3) is 0 Å². The van der Waals surface area contributed by atoms with Crippen LogP contribution in [0.4, 0.5) is 0 Å². The van der Waals surface area contributed by atoms with Crippen molar-refractivity contribution in [1.29, 1.82) is 0 Å². The van der Waals surface area contributed by atoms with Gasteiger partial charge in [0.15, 0.2) is 0 Å². The molecule has 0 fully saturated rings. The van der Waals surface area contributed by atoms with Crippen molar-refractivity contribution in [3.8, 4) is 0 Å². The fourth-order valence-corrected chi connectivity index (χ4v) is 7.64. The third-order valence-electron chi connectivity index (χ3n) is 11.6. The number of allylic oxidation sites excluding steroid dienone is 14. The van der Waals surface area contributed by atoms with Crippen LogP contribution in [0.2, 0.25) is 0 Å². The van der Waals surface area contributed by atoms with Gasteiger partial charge in [-0.05, 0) is 64.2 Å². The Labute approximate surface area is 389 Å². The molecule has 0 radical (unpaired) electrons. The summed E-state index contributed by atoms with van der Waals surface area (Å²) in [5, 5.41) is 23.8. The van der Waals surface area contributed by atoms with Gasteiger partial charge in [-0.3, -0.25) is 9.59 Å². The fraction of sp³-hybridized carbons (Fsp3) is 0.719. The Kier molecular flexibility index (Phi) is 47.7. The molecule has 0 bridgehead atoms. The Balaban J connectivity index is 4.62. The average Bonchev–Trinajstić information content (AvgIpc) is 3.28. The first-order valence-electron chi connectivity index (χ1n) is 26.4. The van der Waals surface area contributed by atoms with Crippen molar-refractivity contribution in [2.24, 2.45) is 0 Å². The zero-order valence-corrected chi connectivity index (χ0v) is 41.2. The van der Waals surface area contributed by atoms with Crippen LogP contribution in [-0.2, 0) is 14.3 Å². The van der Waals surface area contributed by atoms with Crippen molar-refractivity contribution < 1.29 is 24.5 Å². The summed E-state index contributed by atoms with van der Waals surface area (Å²) >= 11 is 0. The lowest BCUT2D eigenvalue weighted by atomic mass is 10.0. The van der Waals surface area contributed by atoms with E-state index in [1.54, 1.807) is 0 Å². The molecule has 0 saturated carbocycles. The van der Waals surface area contributed by atoms with E-state index < -0.39 is 18.2 Å². The first-order chi connectivity index (χ1) is 31.0. The van der Waals surface area contributed by atoms with E-state index in [0.717, 1.165) is 70.6 Å². The maximum absolute atomic E-state index is 13.2. The highest BCUT2D eigenvalue weighted by Gasteiger charge is 2.24. The van der Waals surface area contributed by atoms with E-state index in [0.29, 0.717) is 19.3 Å². The molecule has 0 aromatic carbocycles. The minimum atomic E-state index is -0.806. The van der Waals surface area contributed by atoms with Gasteiger partial charge in [0.2, 0.25) is 5.91 Å². The number of rotatable bonds is 46. The highest BCUT2D eigenvalue weighted by atomic mass is 16.5. The van der Waals surface area contributed by atoms with E-state index in [-0.39, 0.29) is 24.9 Å². The third kappa shape index (κ3) is 45.4. The van der Waals surface area contributed by atoms with Crippen LogP contribution in [0.3, 0.4) is 0 Å². The molecule has 0 aliphatic heterocycles. The number of ether oxygens (including phenoxy) is 1. The lowest BCUT2D eigenvalue weighted by Gasteiger charge is -2.24. The van der Waals surface area contributed by atoms with Crippen LogP contribution in [0.15, 0.2) is 85.1 Å². The average molecular weight is 878 g/mol. The molecule has 63 heavy (non-hydrogen) atoms.